The van der Waals surface area contributed by atoms with Crippen LogP contribution in [0.4, 0.5) is 0 Å². The molecule has 6 heteroatoms. The second kappa shape index (κ2) is 7.98. The second-order valence-corrected chi connectivity index (χ2v) is 5.08. The van der Waals surface area contributed by atoms with E-state index in [1.807, 2.05) is 13.8 Å². The quantitative estimate of drug-likeness (QED) is 0.786. The van der Waals surface area contributed by atoms with Crippen LogP contribution in [0.1, 0.15) is 24.2 Å². The van der Waals surface area contributed by atoms with Crippen LogP contribution in [-0.2, 0) is 0 Å². The third kappa shape index (κ3) is 3.94. The third-order valence-electron chi connectivity index (χ3n) is 3.40. The number of halogens is 1. The Bertz CT molecular complexity index is 493. The molecule has 118 valence electrons. The van der Waals surface area contributed by atoms with E-state index in [-0.39, 0.29) is 17.9 Å². The molecule has 2 atom stereocenters. The lowest BCUT2D eigenvalue weighted by Gasteiger charge is -2.21. The Morgan fingerprint density at radius 2 is 1.76 bits per heavy atom. The van der Waals surface area contributed by atoms with Gasteiger partial charge >= 0.3 is 0 Å². The van der Waals surface area contributed by atoms with Crippen molar-refractivity contribution in [2.75, 3.05) is 27.2 Å². The van der Waals surface area contributed by atoms with Crippen LogP contribution in [0.2, 0.25) is 0 Å². The van der Waals surface area contributed by atoms with Crippen LogP contribution in [-0.4, -0.2) is 39.2 Å². The maximum atomic E-state index is 12.4. The molecule has 1 aromatic carbocycles. The lowest BCUT2D eigenvalue weighted by Crippen LogP contribution is -2.37. The smallest absolute Gasteiger partial charge is 0.255 e. The molecule has 1 rings (SSSR count). The van der Waals surface area contributed by atoms with Gasteiger partial charge in [-0.25, -0.2) is 0 Å². The van der Waals surface area contributed by atoms with E-state index in [0.717, 1.165) is 0 Å². The molecule has 0 fully saturated rings. The predicted octanol–water partition coefficient (Wildman–Crippen LogP) is 2.71. The molecule has 0 aliphatic heterocycles. The summed E-state index contributed by atoms with van der Waals surface area (Å²) in [5, 5.41) is 2.91. The zero-order valence-corrected chi connectivity index (χ0v) is 13.8. The average molecular weight is 316 g/mol. The van der Waals surface area contributed by atoms with E-state index in [2.05, 4.69) is 5.32 Å². The SMILES string of the molecule is COc1ccc(C(=O)NC(C)C(C)CCl)c(OC)c1OC. The highest BCUT2D eigenvalue weighted by molar-refractivity contribution is 6.18. The van der Waals surface area contributed by atoms with Crippen molar-refractivity contribution in [1.82, 2.24) is 5.32 Å². The van der Waals surface area contributed by atoms with Gasteiger partial charge in [0.25, 0.3) is 5.91 Å². The number of ether oxygens (including phenoxy) is 3. The minimum Gasteiger partial charge on any atom is -0.493 e. The van der Waals surface area contributed by atoms with Gasteiger partial charge in [-0.2, -0.15) is 0 Å². The van der Waals surface area contributed by atoms with Gasteiger partial charge in [-0.1, -0.05) is 6.92 Å². The molecular weight excluding hydrogens is 294 g/mol. The summed E-state index contributed by atoms with van der Waals surface area (Å²) in [6.07, 6.45) is 0. The summed E-state index contributed by atoms with van der Waals surface area (Å²) in [6.45, 7) is 3.89. The molecule has 0 heterocycles. The summed E-state index contributed by atoms with van der Waals surface area (Å²) in [5.41, 5.74) is 0.392. The van der Waals surface area contributed by atoms with E-state index in [4.69, 9.17) is 25.8 Å². The van der Waals surface area contributed by atoms with E-state index in [0.29, 0.717) is 28.7 Å². The highest BCUT2D eigenvalue weighted by atomic mass is 35.5. The van der Waals surface area contributed by atoms with Crippen molar-refractivity contribution in [3.05, 3.63) is 17.7 Å². The van der Waals surface area contributed by atoms with Crippen LogP contribution in [0.3, 0.4) is 0 Å². The van der Waals surface area contributed by atoms with Crippen molar-refractivity contribution in [1.29, 1.82) is 0 Å². The molecular formula is C15H22ClNO4. The van der Waals surface area contributed by atoms with Gasteiger partial charge < -0.3 is 19.5 Å². The lowest BCUT2D eigenvalue weighted by molar-refractivity contribution is 0.0927. The summed E-state index contributed by atoms with van der Waals surface area (Å²) < 4.78 is 15.8. The van der Waals surface area contributed by atoms with Gasteiger partial charge in [0.1, 0.15) is 0 Å². The Hall–Kier alpha value is -1.62. The Kier molecular flexibility index (Phi) is 6.62. The monoisotopic (exact) mass is 315 g/mol. The number of carbonyl (C=O) groups excluding carboxylic acids is 1. The predicted molar refractivity (Wildman–Crippen MR) is 82.9 cm³/mol. The van der Waals surface area contributed by atoms with Gasteiger partial charge in [-0.15, -0.1) is 11.6 Å². The van der Waals surface area contributed by atoms with Crippen LogP contribution in [0.5, 0.6) is 17.2 Å². The van der Waals surface area contributed by atoms with Gasteiger partial charge in [0.05, 0.1) is 26.9 Å². The highest BCUT2D eigenvalue weighted by Crippen LogP contribution is 2.39. The van der Waals surface area contributed by atoms with Crippen molar-refractivity contribution >= 4 is 17.5 Å². The summed E-state index contributed by atoms with van der Waals surface area (Å²) in [7, 11) is 4.51. The highest BCUT2D eigenvalue weighted by Gasteiger charge is 2.22. The number of benzene rings is 1. The molecule has 1 N–H and O–H groups in total. The van der Waals surface area contributed by atoms with Crippen molar-refractivity contribution in [2.45, 2.75) is 19.9 Å². The second-order valence-electron chi connectivity index (χ2n) is 4.78. The fourth-order valence-electron chi connectivity index (χ4n) is 1.84. The Morgan fingerprint density at radius 1 is 1.14 bits per heavy atom. The van der Waals surface area contributed by atoms with E-state index < -0.39 is 0 Å². The average Bonchev–Trinajstić information content (AvgIpc) is 2.51. The summed E-state index contributed by atoms with van der Waals surface area (Å²) >= 11 is 5.81. The van der Waals surface area contributed by atoms with Crippen LogP contribution in [0.15, 0.2) is 12.1 Å². The first kappa shape index (κ1) is 17.4. The standard InChI is InChI=1S/C15H22ClNO4/c1-9(8-16)10(2)17-15(18)11-6-7-12(19-3)14(21-5)13(11)20-4/h6-7,9-10H,8H2,1-5H3,(H,17,18). The van der Waals surface area contributed by atoms with Crippen molar-refractivity contribution in [3.63, 3.8) is 0 Å². The molecule has 5 nitrogen and oxygen atoms in total. The molecule has 1 amide bonds. The molecule has 1 aromatic rings. The van der Waals surface area contributed by atoms with E-state index in [9.17, 15) is 4.79 Å². The zero-order chi connectivity index (χ0) is 16.0. The first-order valence-corrected chi connectivity index (χ1v) is 7.19. The van der Waals surface area contributed by atoms with Gasteiger partial charge in [-0.05, 0) is 25.0 Å². The summed E-state index contributed by atoms with van der Waals surface area (Å²) in [6, 6.07) is 3.27. The Morgan fingerprint density at radius 3 is 2.24 bits per heavy atom. The van der Waals surface area contributed by atoms with Gasteiger partial charge in [0, 0.05) is 11.9 Å². The number of alkyl halides is 1. The third-order valence-corrected chi connectivity index (χ3v) is 3.89. The largest absolute Gasteiger partial charge is 0.493 e. The lowest BCUT2D eigenvalue weighted by atomic mass is 10.1. The van der Waals surface area contributed by atoms with Crippen LogP contribution in [0, 0.1) is 5.92 Å². The molecule has 0 radical (unpaired) electrons. The number of hydrogen-bond acceptors (Lipinski definition) is 4. The Labute approximate surface area is 130 Å². The minimum absolute atomic E-state index is 0.0483. The summed E-state index contributed by atoms with van der Waals surface area (Å²) in [4.78, 5) is 12.4. The van der Waals surface area contributed by atoms with Gasteiger partial charge in [0.15, 0.2) is 11.5 Å². The van der Waals surface area contributed by atoms with Gasteiger partial charge in [-0.3, -0.25) is 4.79 Å². The van der Waals surface area contributed by atoms with Crippen LogP contribution in [0.25, 0.3) is 0 Å². The molecule has 0 saturated carbocycles. The molecule has 21 heavy (non-hydrogen) atoms. The molecule has 0 spiro atoms. The number of nitrogens with one attached hydrogen (secondary N) is 1. The number of carbonyl (C=O) groups is 1. The van der Waals surface area contributed by atoms with E-state index in [1.54, 1.807) is 12.1 Å². The fourth-order valence-corrected chi connectivity index (χ4v) is 2.11. The maximum Gasteiger partial charge on any atom is 0.255 e. The minimum atomic E-state index is -0.239. The first-order chi connectivity index (χ1) is 9.99. The van der Waals surface area contributed by atoms with E-state index >= 15 is 0 Å². The molecule has 0 bridgehead atoms. The number of amides is 1. The van der Waals surface area contributed by atoms with Crippen LogP contribution >= 0.6 is 11.6 Å². The number of methoxy groups -OCH3 is 3. The van der Waals surface area contributed by atoms with Crippen molar-refractivity contribution < 1.29 is 19.0 Å². The van der Waals surface area contributed by atoms with Crippen LogP contribution < -0.4 is 19.5 Å². The maximum absolute atomic E-state index is 12.4. The van der Waals surface area contributed by atoms with Gasteiger partial charge in [0.2, 0.25) is 5.75 Å². The zero-order valence-electron chi connectivity index (χ0n) is 13.0. The fraction of sp³-hybridized carbons (Fsp3) is 0.533. The topological polar surface area (TPSA) is 56.8 Å². The summed E-state index contributed by atoms with van der Waals surface area (Å²) in [5.74, 6) is 1.66. The molecule has 0 saturated heterocycles. The molecule has 0 aromatic heterocycles. The molecule has 2 unspecified atom stereocenters. The molecule has 0 aliphatic rings. The molecule has 0 aliphatic carbocycles. The number of rotatable bonds is 7. The number of hydrogen-bond donors (Lipinski definition) is 1. The Balaban J connectivity index is 3.10. The van der Waals surface area contributed by atoms with Crippen molar-refractivity contribution in [3.8, 4) is 17.2 Å². The van der Waals surface area contributed by atoms with E-state index in [1.165, 1.54) is 21.3 Å². The normalized spacial score (nSPS) is 13.2. The van der Waals surface area contributed by atoms with Crippen molar-refractivity contribution in [2.24, 2.45) is 5.92 Å². The first-order valence-electron chi connectivity index (χ1n) is 6.65.